The first kappa shape index (κ1) is 24.2. The fourth-order valence-electron chi connectivity index (χ4n) is 5.64. The van der Waals surface area contributed by atoms with E-state index in [1.54, 1.807) is 0 Å². The third kappa shape index (κ3) is 3.92. The Morgan fingerprint density at radius 1 is 0.789 bits per heavy atom. The molecule has 38 heavy (non-hydrogen) atoms. The molecular weight excluding hydrogens is 466 g/mol. The lowest BCUT2D eigenvalue weighted by Crippen LogP contribution is -2.08. The lowest BCUT2D eigenvalue weighted by Gasteiger charge is -2.23. The smallest absolute Gasteiger partial charge is 0.227 e. The molecular formula is C34H33N3O. The molecule has 0 radical (unpaired) electrons. The molecule has 0 amide bonds. The van der Waals surface area contributed by atoms with Crippen molar-refractivity contribution in [2.75, 3.05) is 0 Å². The highest BCUT2D eigenvalue weighted by Gasteiger charge is 2.23. The van der Waals surface area contributed by atoms with Gasteiger partial charge in [0.15, 0.2) is 0 Å². The average Bonchev–Trinajstić information content (AvgIpc) is 3.53. The predicted octanol–water partition coefficient (Wildman–Crippen LogP) is 9.36. The number of fused-ring (bicyclic) bond motifs is 3. The summed E-state index contributed by atoms with van der Waals surface area (Å²) >= 11 is 0. The molecule has 0 bridgehead atoms. The maximum atomic E-state index is 6.43. The van der Waals surface area contributed by atoms with Gasteiger partial charge in [0.1, 0.15) is 11.4 Å². The number of benzene rings is 3. The maximum Gasteiger partial charge on any atom is 0.227 e. The minimum Gasteiger partial charge on any atom is -0.437 e. The molecule has 190 valence electrons. The van der Waals surface area contributed by atoms with Crippen molar-refractivity contribution in [3.8, 4) is 28.2 Å². The molecule has 0 aliphatic heterocycles. The summed E-state index contributed by atoms with van der Waals surface area (Å²) in [5.41, 5.74) is 10.9. The van der Waals surface area contributed by atoms with E-state index in [-0.39, 0.29) is 0 Å². The third-order valence-corrected chi connectivity index (χ3v) is 7.44. The van der Waals surface area contributed by atoms with Crippen LogP contribution in [0.15, 0.2) is 83.5 Å². The molecule has 3 aromatic heterocycles. The fourth-order valence-corrected chi connectivity index (χ4v) is 5.64. The number of aromatic nitrogens is 3. The van der Waals surface area contributed by atoms with Crippen molar-refractivity contribution < 1.29 is 4.42 Å². The van der Waals surface area contributed by atoms with E-state index in [0.29, 0.717) is 17.5 Å². The van der Waals surface area contributed by atoms with Gasteiger partial charge in [-0.25, -0.2) is 9.97 Å². The van der Waals surface area contributed by atoms with Crippen LogP contribution in [-0.2, 0) is 0 Å². The van der Waals surface area contributed by atoms with Gasteiger partial charge >= 0.3 is 0 Å². The third-order valence-electron chi connectivity index (χ3n) is 7.44. The molecule has 0 aliphatic carbocycles. The number of rotatable bonds is 5. The Hall–Kier alpha value is -4.18. The second-order valence-corrected chi connectivity index (χ2v) is 10.8. The van der Waals surface area contributed by atoms with Crippen LogP contribution in [-0.4, -0.2) is 14.5 Å². The van der Waals surface area contributed by atoms with Crippen LogP contribution in [0, 0.1) is 13.8 Å². The quantitative estimate of drug-likeness (QED) is 0.237. The summed E-state index contributed by atoms with van der Waals surface area (Å²) in [6.45, 7) is 13.2. The summed E-state index contributed by atoms with van der Waals surface area (Å²) < 4.78 is 8.68. The Balaban J connectivity index is 1.62. The zero-order valence-corrected chi connectivity index (χ0v) is 22.9. The molecule has 4 heteroatoms. The summed E-state index contributed by atoms with van der Waals surface area (Å²) in [7, 11) is 0. The van der Waals surface area contributed by atoms with Crippen molar-refractivity contribution in [3.63, 3.8) is 0 Å². The summed E-state index contributed by atoms with van der Waals surface area (Å²) in [6.07, 6.45) is 3.98. The number of hydrogen-bond donors (Lipinski definition) is 0. The van der Waals surface area contributed by atoms with Crippen LogP contribution >= 0.6 is 0 Å². The first-order valence-electron chi connectivity index (χ1n) is 13.4. The lowest BCUT2D eigenvalue weighted by molar-refractivity contribution is 0.653. The highest BCUT2D eigenvalue weighted by molar-refractivity contribution is 6.09. The first-order valence-corrected chi connectivity index (χ1v) is 13.4. The molecule has 0 aliphatic rings. The molecule has 0 fully saturated rings. The van der Waals surface area contributed by atoms with Crippen molar-refractivity contribution in [1.29, 1.82) is 0 Å². The molecule has 0 unspecified atom stereocenters. The standard InChI is InChI=1S/C34H33N3O/c1-20(2)28-18-25(24-11-8-7-9-12-24)19-29(21(3)4)31(28)37-16-15-35-33(37)27-14-10-13-26-30-22(5)17-23(6)36-34(30)38-32(26)27/h7-21H,1-6H3. The number of para-hydroxylation sites is 1. The van der Waals surface area contributed by atoms with E-state index in [9.17, 15) is 0 Å². The Bertz CT molecular complexity index is 1760. The number of pyridine rings is 1. The van der Waals surface area contributed by atoms with Gasteiger partial charge in [0.05, 0.1) is 16.6 Å². The molecule has 0 spiro atoms. The van der Waals surface area contributed by atoms with Crippen molar-refractivity contribution in [3.05, 3.63) is 102 Å². The summed E-state index contributed by atoms with van der Waals surface area (Å²) in [6, 6.07) is 23.8. The van der Waals surface area contributed by atoms with Gasteiger partial charge in [0.2, 0.25) is 5.71 Å². The van der Waals surface area contributed by atoms with Crippen LogP contribution in [0.5, 0.6) is 0 Å². The van der Waals surface area contributed by atoms with Gasteiger partial charge in [0.25, 0.3) is 0 Å². The summed E-state index contributed by atoms with van der Waals surface area (Å²) in [4.78, 5) is 9.58. The van der Waals surface area contributed by atoms with E-state index in [2.05, 4.69) is 112 Å². The Kier molecular flexibility index (Phi) is 5.91. The highest BCUT2D eigenvalue weighted by Crippen LogP contribution is 2.40. The Morgan fingerprint density at radius 3 is 2.18 bits per heavy atom. The predicted molar refractivity (Wildman–Crippen MR) is 157 cm³/mol. The van der Waals surface area contributed by atoms with Gasteiger partial charge in [-0.15, -0.1) is 0 Å². The van der Waals surface area contributed by atoms with Gasteiger partial charge in [-0.2, -0.15) is 0 Å². The molecule has 4 nitrogen and oxygen atoms in total. The van der Waals surface area contributed by atoms with Crippen molar-refractivity contribution >= 4 is 22.1 Å². The van der Waals surface area contributed by atoms with Crippen molar-refractivity contribution in [1.82, 2.24) is 14.5 Å². The van der Waals surface area contributed by atoms with E-state index in [4.69, 9.17) is 14.4 Å². The number of aryl methyl sites for hydroxylation is 2. The van der Waals surface area contributed by atoms with E-state index in [0.717, 1.165) is 33.4 Å². The van der Waals surface area contributed by atoms with Crippen LogP contribution < -0.4 is 0 Å². The van der Waals surface area contributed by atoms with Gasteiger partial charge < -0.3 is 4.42 Å². The molecule has 0 saturated carbocycles. The van der Waals surface area contributed by atoms with E-state index >= 15 is 0 Å². The minimum atomic E-state index is 0.332. The SMILES string of the molecule is Cc1cc(C)c2c(n1)oc1c(-c3nccn3-c3c(C(C)C)cc(-c4ccccc4)cc3C(C)C)cccc12. The molecule has 3 heterocycles. The van der Waals surface area contributed by atoms with Gasteiger partial charge in [-0.05, 0) is 77.8 Å². The number of imidazole rings is 1. The van der Waals surface area contributed by atoms with Gasteiger partial charge in [-0.1, -0.05) is 70.2 Å². The Morgan fingerprint density at radius 2 is 1.50 bits per heavy atom. The van der Waals surface area contributed by atoms with Gasteiger partial charge in [-0.3, -0.25) is 4.57 Å². The van der Waals surface area contributed by atoms with Gasteiger partial charge in [0, 0.05) is 23.5 Å². The molecule has 6 aromatic rings. The fraction of sp³-hybridized carbons (Fsp3) is 0.235. The van der Waals surface area contributed by atoms with E-state index in [1.807, 2.05) is 13.1 Å². The van der Waals surface area contributed by atoms with Crippen LogP contribution in [0.25, 0.3) is 50.3 Å². The second-order valence-electron chi connectivity index (χ2n) is 10.8. The normalized spacial score (nSPS) is 11.9. The molecule has 0 saturated heterocycles. The van der Waals surface area contributed by atoms with Crippen LogP contribution in [0.4, 0.5) is 0 Å². The number of hydrogen-bond acceptors (Lipinski definition) is 3. The van der Waals surface area contributed by atoms with E-state index < -0.39 is 0 Å². The number of furan rings is 1. The summed E-state index contributed by atoms with van der Waals surface area (Å²) in [5, 5.41) is 2.15. The van der Waals surface area contributed by atoms with Crippen LogP contribution in [0.2, 0.25) is 0 Å². The second kappa shape index (κ2) is 9.29. The number of nitrogens with zero attached hydrogens (tertiary/aromatic N) is 3. The largest absolute Gasteiger partial charge is 0.437 e. The van der Waals surface area contributed by atoms with Crippen molar-refractivity contribution in [2.24, 2.45) is 0 Å². The van der Waals surface area contributed by atoms with Crippen LogP contribution in [0.3, 0.4) is 0 Å². The average molecular weight is 500 g/mol. The Labute approximate surface area is 224 Å². The van der Waals surface area contributed by atoms with E-state index in [1.165, 1.54) is 33.5 Å². The maximum absolute atomic E-state index is 6.43. The van der Waals surface area contributed by atoms with Crippen LogP contribution in [0.1, 0.15) is 61.9 Å². The molecule has 6 rings (SSSR count). The topological polar surface area (TPSA) is 43.9 Å². The lowest BCUT2D eigenvalue weighted by atomic mass is 9.88. The highest BCUT2D eigenvalue weighted by atomic mass is 16.3. The zero-order valence-electron chi connectivity index (χ0n) is 22.9. The first-order chi connectivity index (χ1) is 18.3. The molecule has 0 N–H and O–H groups in total. The minimum absolute atomic E-state index is 0.332. The zero-order chi connectivity index (χ0) is 26.6. The monoisotopic (exact) mass is 499 g/mol. The van der Waals surface area contributed by atoms with Crippen molar-refractivity contribution in [2.45, 2.75) is 53.4 Å². The molecule has 3 aromatic carbocycles. The molecule has 0 atom stereocenters. The summed E-state index contributed by atoms with van der Waals surface area (Å²) in [5.74, 6) is 1.54.